The molecule has 22 heavy (non-hydrogen) atoms. The molecule has 2 fully saturated rings. The number of esters is 1. The second-order valence-corrected chi connectivity index (χ2v) is 5.24. The smallest absolute Gasteiger partial charge is 0.465 e. The number of methoxy groups -OCH3 is 1. The molecule has 7 heteroatoms. The van der Waals surface area contributed by atoms with Gasteiger partial charge < -0.3 is 24.1 Å². The summed E-state index contributed by atoms with van der Waals surface area (Å²) in [5.41, 5.74) is 0.973. The monoisotopic (exact) mass is 308 g/mol. The average Bonchev–Trinajstić information content (AvgIpc) is 3.09. The highest BCUT2D eigenvalue weighted by molar-refractivity contribution is 5.90. The van der Waals surface area contributed by atoms with E-state index in [0.717, 1.165) is 6.42 Å². The summed E-state index contributed by atoms with van der Waals surface area (Å²) < 4.78 is 20.6. The molecule has 2 heterocycles. The molecule has 2 aliphatic heterocycles. The lowest BCUT2D eigenvalue weighted by atomic mass is 9.86. The Hall–Kier alpha value is -2.12. The fourth-order valence-corrected chi connectivity index (χ4v) is 3.06. The number of carbonyl (C=O) groups is 2. The zero-order valence-corrected chi connectivity index (χ0v) is 12.0. The zero-order chi connectivity index (χ0) is 15.7. The predicted octanol–water partition coefficient (Wildman–Crippen LogP) is 2.01. The van der Waals surface area contributed by atoms with Gasteiger partial charge in [0.05, 0.1) is 25.9 Å². The molecule has 0 amide bonds. The summed E-state index contributed by atoms with van der Waals surface area (Å²) in [6, 6.07) is 4.56. The molecule has 3 atom stereocenters. The molecule has 0 aliphatic carbocycles. The SMILES string of the molecule is COC(=O)c1ccc(OC(=O)O)c([C@@H]2CO[C@H]3OCC[C@H]32)c1. The van der Waals surface area contributed by atoms with E-state index in [4.69, 9.17) is 24.1 Å². The van der Waals surface area contributed by atoms with E-state index in [1.807, 2.05) is 0 Å². The quantitative estimate of drug-likeness (QED) is 0.674. The number of carbonyl (C=O) groups excluding carboxylic acids is 1. The van der Waals surface area contributed by atoms with Crippen molar-refractivity contribution in [3.63, 3.8) is 0 Å². The standard InChI is InChI=1S/C15H16O7/c1-19-13(16)8-2-3-12(22-15(17)18)10(6-8)11-7-21-14-9(11)4-5-20-14/h2-3,6,9,11,14H,4-5,7H2,1H3,(H,17,18)/t9-,11+,14+/m0/s1. The minimum atomic E-state index is -1.40. The molecule has 118 valence electrons. The Bertz CT molecular complexity index is 598. The van der Waals surface area contributed by atoms with Crippen molar-refractivity contribution in [3.8, 4) is 5.75 Å². The molecule has 1 N–H and O–H groups in total. The Kier molecular flexibility index (Phi) is 4.00. The largest absolute Gasteiger partial charge is 0.511 e. The van der Waals surface area contributed by atoms with Gasteiger partial charge in [0.25, 0.3) is 0 Å². The summed E-state index contributed by atoms with van der Waals surface area (Å²) in [4.78, 5) is 22.6. The summed E-state index contributed by atoms with van der Waals surface area (Å²) in [6.07, 6.45) is -0.848. The number of benzene rings is 1. The number of hydrogen-bond acceptors (Lipinski definition) is 6. The van der Waals surface area contributed by atoms with E-state index in [2.05, 4.69) is 0 Å². The Morgan fingerprint density at radius 2 is 2.14 bits per heavy atom. The van der Waals surface area contributed by atoms with Crippen LogP contribution in [0, 0.1) is 5.92 Å². The number of fused-ring (bicyclic) bond motifs is 1. The van der Waals surface area contributed by atoms with Gasteiger partial charge in [-0.25, -0.2) is 9.59 Å². The summed E-state index contributed by atoms with van der Waals surface area (Å²) in [7, 11) is 1.29. The van der Waals surface area contributed by atoms with E-state index < -0.39 is 12.1 Å². The molecular weight excluding hydrogens is 292 g/mol. The maximum absolute atomic E-state index is 11.7. The van der Waals surface area contributed by atoms with Crippen LogP contribution in [-0.2, 0) is 14.2 Å². The molecule has 3 rings (SSSR count). The third-order valence-electron chi connectivity index (χ3n) is 4.07. The van der Waals surface area contributed by atoms with Gasteiger partial charge in [0.1, 0.15) is 5.75 Å². The van der Waals surface area contributed by atoms with E-state index in [-0.39, 0.29) is 23.9 Å². The Labute approximate surface area is 126 Å². The first-order valence-corrected chi connectivity index (χ1v) is 6.96. The molecule has 0 unspecified atom stereocenters. The highest BCUT2D eigenvalue weighted by Crippen LogP contribution is 2.44. The maximum atomic E-state index is 11.7. The van der Waals surface area contributed by atoms with Gasteiger partial charge in [-0.2, -0.15) is 0 Å². The maximum Gasteiger partial charge on any atom is 0.511 e. The van der Waals surface area contributed by atoms with E-state index >= 15 is 0 Å². The van der Waals surface area contributed by atoms with Gasteiger partial charge in [0, 0.05) is 17.4 Å². The molecule has 0 saturated carbocycles. The van der Waals surface area contributed by atoms with Crippen LogP contribution in [0.25, 0.3) is 0 Å². The van der Waals surface area contributed by atoms with Crippen LogP contribution in [0.1, 0.15) is 28.3 Å². The third kappa shape index (κ3) is 2.65. The van der Waals surface area contributed by atoms with E-state index in [1.54, 1.807) is 6.07 Å². The van der Waals surface area contributed by atoms with Gasteiger partial charge in [-0.3, -0.25) is 0 Å². The number of rotatable bonds is 3. The van der Waals surface area contributed by atoms with E-state index in [9.17, 15) is 9.59 Å². The van der Waals surface area contributed by atoms with Crippen molar-refractivity contribution in [1.82, 2.24) is 0 Å². The first kappa shape index (κ1) is 14.8. The average molecular weight is 308 g/mol. The fourth-order valence-electron chi connectivity index (χ4n) is 3.06. The first-order valence-electron chi connectivity index (χ1n) is 6.96. The highest BCUT2D eigenvalue weighted by Gasteiger charge is 2.43. The van der Waals surface area contributed by atoms with Crippen molar-refractivity contribution >= 4 is 12.1 Å². The van der Waals surface area contributed by atoms with Crippen LogP contribution in [0.5, 0.6) is 5.75 Å². The lowest BCUT2D eigenvalue weighted by molar-refractivity contribution is -0.0905. The lowest BCUT2D eigenvalue weighted by Gasteiger charge is -2.18. The van der Waals surface area contributed by atoms with Crippen LogP contribution >= 0.6 is 0 Å². The molecule has 0 aromatic heterocycles. The lowest BCUT2D eigenvalue weighted by Crippen LogP contribution is -2.16. The Morgan fingerprint density at radius 1 is 1.32 bits per heavy atom. The van der Waals surface area contributed by atoms with Gasteiger partial charge in [-0.15, -0.1) is 0 Å². The van der Waals surface area contributed by atoms with Crippen molar-refractivity contribution < 1.29 is 33.6 Å². The van der Waals surface area contributed by atoms with Crippen LogP contribution in [0.15, 0.2) is 18.2 Å². The normalized spacial score (nSPS) is 26.5. The van der Waals surface area contributed by atoms with E-state index in [0.29, 0.717) is 24.3 Å². The van der Waals surface area contributed by atoms with Crippen LogP contribution in [0.4, 0.5) is 4.79 Å². The molecular formula is C15H16O7. The highest BCUT2D eigenvalue weighted by atomic mass is 16.7. The molecule has 0 bridgehead atoms. The van der Waals surface area contributed by atoms with Crippen molar-refractivity contribution in [2.45, 2.75) is 18.6 Å². The third-order valence-corrected chi connectivity index (χ3v) is 4.07. The topological polar surface area (TPSA) is 91.3 Å². The predicted molar refractivity (Wildman–Crippen MR) is 73.0 cm³/mol. The number of hydrogen-bond donors (Lipinski definition) is 1. The second kappa shape index (κ2) is 5.94. The van der Waals surface area contributed by atoms with Crippen LogP contribution in [0.2, 0.25) is 0 Å². The molecule has 2 aliphatic rings. The van der Waals surface area contributed by atoms with Crippen molar-refractivity contribution in [1.29, 1.82) is 0 Å². The summed E-state index contributed by atoms with van der Waals surface area (Å²) in [6.45, 7) is 1.01. The molecule has 0 radical (unpaired) electrons. The first-order chi connectivity index (χ1) is 10.6. The summed E-state index contributed by atoms with van der Waals surface area (Å²) in [5.74, 6) is -0.224. The summed E-state index contributed by atoms with van der Waals surface area (Å²) in [5, 5.41) is 8.88. The van der Waals surface area contributed by atoms with Crippen molar-refractivity contribution in [3.05, 3.63) is 29.3 Å². The molecule has 7 nitrogen and oxygen atoms in total. The second-order valence-electron chi connectivity index (χ2n) is 5.24. The molecule has 2 saturated heterocycles. The van der Waals surface area contributed by atoms with Crippen molar-refractivity contribution in [2.75, 3.05) is 20.3 Å². The van der Waals surface area contributed by atoms with Crippen LogP contribution in [-0.4, -0.2) is 43.8 Å². The number of ether oxygens (including phenoxy) is 4. The van der Waals surface area contributed by atoms with Gasteiger partial charge >= 0.3 is 12.1 Å². The minimum Gasteiger partial charge on any atom is -0.465 e. The minimum absolute atomic E-state index is 0.0774. The molecule has 1 aromatic rings. The Morgan fingerprint density at radius 3 is 2.86 bits per heavy atom. The van der Waals surface area contributed by atoms with Gasteiger partial charge in [-0.1, -0.05) is 0 Å². The fraction of sp³-hybridized carbons (Fsp3) is 0.467. The van der Waals surface area contributed by atoms with Crippen LogP contribution < -0.4 is 4.74 Å². The molecule has 0 spiro atoms. The summed E-state index contributed by atoms with van der Waals surface area (Å²) >= 11 is 0. The van der Waals surface area contributed by atoms with Gasteiger partial charge in [-0.05, 0) is 24.6 Å². The Balaban J connectivity index is 1.98. The van der Waals surface area contributed by atoms with E-state index in [1.165, 1.54) is 19.2 Å². The van der Waals surface area contributed by atoms with Crippen LogP contribution in [0.3, 0.4) is 0 Å². The zero-order valence-electron chi connectivity index (χ0n) is 12.0. The van der Waals surface area contributed by atoms with Crippen molar-refractivity contribution in [2.24, 2.45) is 5.92 Å². The number of carboxylic acid groups (broad SMARTS) is 1. The van der Waals surface area contributed by atoms with Gasteiger partial charge in [0.2, 0.25) is 0 Å². The molecule has 1 aromatic carbocycles. The van der Waals surface area contributed by atoms with Gasteiger partial charge in [0.15, 0.2) is 6.29 Å².